The first-order valence-electron chi connectivity index (χ1n) is 10.5. The first-order chi connectivity index (χ1) is 16.1. The maximum absolute atomic E-state index is 13.1. The highest BCUT2D eigenvalue weighted by molar-refractivity contribution is 5.99. The maximum atomic E-state index is 13.1. The molecule has 0 radical (unpaired) electrons. The summed E-state index contributed by atoms with van der Waals surface area (Å²) in [5, 5.41) is 10.3. The van der Waals surface area contributed by atoms with E-state index in [1.54, 1.807) is 23.0 Å². The molecule has 0 aliphatic carbocycles. The largest absolute Gasteiger partial charge is 0.453 e. The van der Waals surface area contributed by atoms with E-state index in [1.165, 1.54) is 7.11 Å². The third-order valence-corrected chi connectivity index (χ3v) is 5.08. The Balaban J connectivity index is 1.50. The molecule has 1 aromatic heterocycles. The van der Waals surface area contributed by atoms with Gasteiger partial charge in [-0.3, -0.25) is 14.8 Å². The quantitative estimate of drug-likeness (QED) is 0.436. The van der Waals surface area contributed by atoms with E-state index in [4.69, 9.17) is 5.10 Å². The van der Waals surface area contributed by atoms with E-state index in [0.29, 0.717) is 30.0 Å². The number of nitrogens with zero attached hydrogens (tertiary/aromatic N) is 2. The minimum atomic E-state index is -0.531. The summed E-state index contributed by atoms with van der Waals surface area (Å²) in [6, 6.07) is 26.9. The number of hydrogen-bond acceptors (Lipinski definition) is 4. The Kier molecular flexibility index (Phi) is 6.80. The molecule has 0 aliphatic heterocycles. The van der Waals surface area contributed by atoms with Crippen molar-refractivity contribution in [3.05, 3.63) is 108 Å². The lowest BCUT2D eigenvalue weighted by Crippen LogP contribution is -2.23. The summed E-state index contributed by atoms with van der Waals surface area (Å²) in [6.07, 6.45) is 1.26. The normalized spacial score (nSPS) is 10.5. The number of methoxy groups -OCH3 is 1. The van der Waals surface area contributed by atoms with E-state index in [1.807, 2.05) is 72.8 Å². The Morgan fingerprint density at radius 3 is 2.21 bits per heavy atom. The monoisotopic (exact) mass is 440 g/mol. The second-order valence-corrected chi connectivity index (χ2v) is 7.44. The Hall–Kier alpha value is -4.39. The molecule has 7 heteroatoms. The molecule has 2 amide bonds. The molecule has 0 unspecified atom stereocenters. The van der Waals surface area contributed by atoms with Gasteiger partial charge in [0.1, 0.15) is 5.69 Å². The fourth-order valence-corrected chi connectivity index (χ4v) is 3.40. The molecule has 0 saturated carbocycles. The van der Waals surface area contributed by atoms with E-state index in [0.717, 1.165) is 16.7 Å². The molecule has 2 N–H and O–H groups in total. The number of amides is 2. The van der Waals surface area contributed by atoms with Crippen LogP contribution in [0.15, 0.2) is 91.1 Å². The van der Waals surface area contributed by atoms with Crippen LogP contribution in [0.4, 0.5) is 10.5 Å². The summed E-state index contributed by atoms with van der Waals surface area (Å²) in [7, 11) is 1.31. The Labute approximate surface area is 192 Å². The van der Waals surface area contributed by atoms with Crippen LogP contribution in [0.3, 0.4) is 0 Å². The van der Waals surface area contributed by atoms with Crippen LogP contribution in [0.2, 0.25) is 0 Å². The number of carbonyl (C=O) groups is 2. The van der Waals surface area contributed by atoms with Crippen molar-refractivity contribution in [1.29, 1.82) is 0 Å². The zero-order chi connectivity index (χ0) is 23.0. The Bertz CT molecular complexity index is 1220. The zero-order valence-corrected chi connectivity index (χ0v) is 18.2. The molecule has 166 valence electrons. The average Bonchev–Trinajstić information content (AvgIpc) is 3.28. The Morgan fingerprint density at radius 2 is 1.55 bits per heavy atom. The van der Waals surface area contributed by atoms with Gasteiger partial charge in [-0.2, -0.15) is 5.10 Å². The number of hydrogen-bond donors (Lipinski definition) is 2. The Morgan fingerprint density at radius 1 is 0.879 bits per heavy atom. The van der Waals surface area contributed by atoms with Gasteiger partial charge in [0, 0.05) is 24.0 Å². The van der Waals surface area contributed by atoms with Crippen molar-refractivity contribution < 1.29 is 14.3 Å². The lowest BCUT2D eigenvalue weighted by Gasteiger charge is -2.07. The second-order valence-electron chi connectivity index (χ2n) is 7.44. The van der Waals surface area contributed by atoms with Crippen molar-refractivity contribution in [2.24, 2.45) is 0 Å². The predicted molar refractivity (Wildman–Crippen MR) is 127 cm³/mol. The molecule has 0 spiro atoms. The van der Waals surface area contributed by atoms with Gasteiger partial charge >= 0.3 is 6.09 Å². The topological polar surface area (TPSA) is 85.3 Å². The number of nitrogens with one attached hydrogen (secondary N) is 2. The van der Waals surface area contributed by atoms with Gasteiger partial charge in [0.25, 0.3) is 5.91 Å². The number of aromatic nitrogens is 2. The van der Waals surface area contributed by atoms with E-state index < -0.39 is 6.09 Å². The van der Waals surface area contributed by atoms with Gasteiger partial charge in [0.05, 0.1) is 19.2 Å². The van der Waals surface area contributed by atoms with Crippen LogP contribution in [0, 0.1) is 0 Å². The number of rotatable bonds is 7. The summed E-state index contributed by atoms with van der Waals surface area (Å²) in [5.74, 6) is -0.204. The molecule has 0 saturated heterocycles. The van der Waals surface area contributed by atoms with Gasteiger partial charge < -0.3 is 10.1 Å². The van der Waals surface area contributed by atoms with Crippen LogP contribution in [-0.2, 0) is 17.8 Å². The van der Waals surface area contributed by atoms with Crippen molar-refractivity contribution >= 4 is 17.7 Å². The van der Waals surface area contributed by atoms with Crippen LogP contribution in [0.5, 0.6) is 0 Å². The number of anilines is 1. The highest BCUT2D eigenvalue weighted by Gasteiger charge is 2.18. The van der Waals surface area contributed by atoms with Gasteiger partial charge in [-0.05, 0) is 23.3 Å². The molecule has 0 aliphatic rings. The highest BCUT2D eigenvalue weighted by atomic mass is 16.5. The smallest absolute Gasteiger partial charge is 0.411 e. The minimum Gasteiger partial charge on any atom is -0.453 e. The van der Waals surface area contributed by atoms with Crippen molar-refractivity contribution in [2.75, 3.05) is 12.4 Å². The number of carbonyl (C=O) groups excluding carboxylic acids is 2. The zero-order valence-electron chi connectivity index (χ0n) is 18.2. The van der Waals surface area contributed by atoms with E-state index in [2.05, 4.69) is 15.4 Å². The molecule has 4 rings (SSSR count). The molecule has 0 fully saturated rings. The van der Waals surface area contributed by atoms with Gasteiger partial charge in [-0.1, -0.05) is 72.8 Å². The molecule has 1 heterocycles. The van der Waals surface area contributed by atoms with E-state index >= 15 is 0 Å². The summed E-state index contributed by atoms with van der Waals surface area (Å²) < 4.78 is 6.38. The summed E-state index contributed by atoms with van der Waals surface area (Å²) >= 11 is 0. The number of benzene rings is 3. The van der Waals surface area contributed by atoms with Crippen LogP contribution in [0.1, 0.15) is 21.5 Å². The standard InChI is InChI=1S/C26H24N4O3/c1-33-26(32)28-22-14-12-19(13-15-22)16-27-25(31)23-18-30(17-20-8-4-2-5-9-20)29-24(23)21-10-6-3-7-11-21/h2-15,18H,16-17H2,1H3,(H,27,31)(H,28,32). The van der Waals surface area contributed by atoms with Gasteiger partial charge in [0.2, 0.25) is 0 Å². The SMILES string of the molecule is COC(=O)Nc1ccc(CNC(=O)c2cn(Cc3ccccc3)nc2-c2ccccc2)cc1. The molecule has 0 bridgehead atoms. The van der Waals surface area contributed by atoms with E-state index in [-0.39, 0.29) is 5.91 Å². The summed E-state index contributed by atoms with van der Waals surface area (Å²) in [5.41, 5.74) is 4.66. The molecule has 0 atom stereocenters. The molecule has 33 heavy (non-hydrogen) atoms. The van der Waals surface area contributed by atoms with Crippen LogP contribution in [0.25, 0.3) is 11.3 Å². The fourth-order valence-electron chi connectivity index (χ4n) is 3.40. The van der Waals surface area contributed by atoms with Gasteiger partial charge in [0.15, 0.2) is 0 Å². The lowest BCUT2D eigenvalue weighted by molar-refractivity contribution is 0.0951. The molecular weight excluding hydrogens is 416 g/mol. The van der Waals surface area contributed by atoms with Crippen molar-refractivity contribution in [2.45, 2.75) is 13.1 Å². The third kappa shape index (κ3) is 5.65. The van der Waals surface area contributed by atoms with Crippen molar-refractivity contribution in [1.82, 2.24) is 15.1 Å². The summed E-state index contributed by atoms with van der Waals surface area (Å²) in [6.45, 7) is 0.915. The average molecular weight is 441 g/mol. The molecule has 3 aromatic carbocycles. The molecule has 7 nitrogen and oxygen atoms in total. The highest BCUT2D eigenvalue weighted by Crippen LogP contribution is 2.22. The molecular formula is C26H24N4O3. The molecule has 4 aromatic rings. The van der Waals surface area contributed by atoms with Crippen LogP contribution in [-0.4, -0.2) is 28.9 Å². The minimum absolute atomic E-state index is 0.204. The predicted octanol–water partition coefficient (Wildman–Crippen LogP) is 4.71. The number of ether oxygens (including phenoxy) is 1. The lowest BCUT2D eigenvalue weighted by atomic mass is 10.1. The third-order valence-electron chi connectivity index (χ3n) is 5.08. The van der Waals surface area contributed by atoms with Gasteiger partial charge in [-0.15, -0.1) is 0 Å². The van der Waals surface area contributed by atoms with Crippen molar-refractivity contribution in [3.63, 3.8) is 0 Å². The second kappa shape index (κ2) is 10.3. The van der Waals surface area contributed by atoms with Crippen molar-refractivity contribution in [3.8, 4) is 11.3 Å². The van der Waals surface area contributed by atoms with Crippen LogP contribution < -0.4 is 10.6 Å². The van der Waals surface area contributed by atoms with E-state index in [9.17, 15) is 9.59 Å². The maximum Gasteiger partial charge on any atom is 0.411 e. The first kappa shape index (κ1) is 21.8. The van der Waals surface area contributed by atoms with Gasteiger partial charge in [-0.25, -0.2) is 4.79 Å². The summed E-state index contributed by atoms with van der Waals surface area (Å²) in [4.78, 5) is 24.4. The fraction of sp³-hybridized carbons (Fsp3) is 0.115. The van der Waals surface area contributed by atoms with Crippen LogP contribution >= 0.6 is 0 Å². The first-order valence-corrected chi connectivity index (χ1v) is 10.5.